The van der Waals surface area contributed by atoms with Crippen molar-refractivity contribution in [1.82, 2.24) is 5.32 Å². The van der Waals surface area contributed by atoms with Crippen LogP contribution >= 0.6 is 0 Å². The van der Waals surface area contributed by atoms with Gasteiger partial charge in [0.25, 0.3) is 0 Å². The Bertz CT molecular complexity index is 458. The van der Waals surface area contributed by atoms with Crippen LogP contribution in [0.3, 0.4) is 0 Å². The van der Waals surface area contributed by atoms with Gasteiger partial charge in [0.05, 0.1) is 5.92 Å². The molecule has 0 bridgehead atoms. The van der Waals surface area contributed by atoms with Crippen LogP contribution in [0.2, 0.25) is 0 Å². The Morgan fingerprint density at radius 3 is 3.05 bits per heavy atom. The number of allylic oxidation sites excluding steroid dienone is 1. The molecule has 3 rings (SSSR count). The van der Waals surface area contributed by atoms with Gasteiger partial charge in [-0.15, -0.1) is 0 Å². The summed E-state index contributed by atoms with van der Waals surface area (Å²) < 4.78 is 5.76. The first-order valence-corrected chi connectivity index (χ1v) is 9.18. The first-order valence-electron chi connectivity index (χ1n) is 9.18. The van der Waals surface area contributed by atoms with Gasteiger partial charge in [-0.25, -0.2) is 0 Å². The standard InChI is InChI=1S/C19H31NO2/c1-4-5-9-20-12-15-14-10-16-13(2)7-6-8-19(16,3)11-17(14)22-18(15)21/h10,13-15,17,20H,4-9,11-12H2,1-3H3/t13-,14+,15-,17+,19+/m0/s1. The zero-order valence-corrected chi connectivity index (χ0v) is 14.4. The van der Waals surface area contributed by atoms with E-state index in [2.05, 4.69) is 32.2 Å². The predicted octanol–water partition coefficient (Wildman–Crippen LogP) is 3.69. The van der Waals surface area contributed by atoms with Crippen LogP contribution in [0.15, 0.2) is 11.6 Å². The molecule has 0 aromatic carbocycles. The summed E-state index contributed by atoms with van der Waals surface area (Å²) in [7, 11) is 0. The Balaban J connectivity index is 1.74. The molecule has 1 saturated heterocycles. The normalized spacial score (nSPS) is 40.7. The van der Waals surface area contributed by atoms with Gasteiger partial charge in [0.2, 0.25) is 0 Å². The first-order chi connectivity index (χ1) is 10.5. The van der Waals surface area contributed by atoms with Crippen molar-refractivity contribution in [3.05, 3.63) is 11.6 Å². The largest absolute Gasteiger partial charge is 0.461 e. The van der Waals surface area contributed by atoms with Gasteiger partial charge in [-0.3, -0.25) is 4.79 Å². The molecular weight excluding hydrogens is 274 g/mol. The summed E-state index contributed by atoms with van der Waals surface area (Å²) in [5.41, 5.74) is 1.88. The maximum atomic E-state index is 12.3. The molecule has 0 radical (unpaired) electrons. The van der Waals surface area contributed by atoms with E-state index in [1.807, 2.05) is 0 Å². The highest BCUT2D eigenvalue weighted by atomic mass is 16.6. The number of hydrogen-bond acceptors (Lipinski definition) is 3. The van der Waals surface area contributed by atoms with E-state index in [0.29, 0.717) is 11.8 Å². The van der Waals surface area contributed by atoms with Crippen molar-refractivity contribution in [2.45, 2.75) is 65.4 Å². The fourth-order valence-corrected chi connectivity index (χ4v) is 4.84. The van der Waals surface area contributed by atoms with Crippen molar-refractivity contribution in [2.75, 3.05) is 13.1 Å². The van der Waals surface area contributed by atoms with Crippen molar-refractivity contribution in [3.8, 4) is 0 Å². The second-order valence-corrected chi connectivity index (χ2v) is 7.90. The fourth-order valence-electron chi connectivity index (χ4n) is 4.84. The van der Waals surface area contributed by atoms with Crippen LogP contribution in [0, 0.1) is 23.2 Å². The summed E-state index contributed by atoms with van der Waals surface area (Å²) in [5, 5.41) is 3.45. The van der Waals surface area contributed by atoms with Crippen LogP contribution in [-0.4, -0.2) is 25.2 Å². The molecule has 0 aromatic rings. The summed E-state index contributed by atoms with van der Waals surface area (Å²) in [6.45, 7) is 8.71. The maximum Gasteiger partial charge on any atom is 0.311 e. The number of carbonyl (C=O) groups excluding carboxylic acids is 1. The van der Waals surface area contributed by atoms with Gasteiger partial charge in [-0.05, 0) is 43.6 Å². The van der Waals surface area contributed by atoms with E-state index in [-0.39, 0.29) is 23.4 Å². The lowest BCUT2D eigenvalue weighted by Gasteiger charge is -2.46. The molecule has 1 saturated carbocycles. The van der Waals surface area contributed by atoms with Gasteiger partial charge in [0, 0.05) is 12.5 Å². The minimum atomic E-state index is 0.0192. The minimum Gasteiger partial charge on any atom is -0.461 e. The molecule has 3 nitrogen and oxygen atoms in total. The van der Waals surface area contributed by atoms with E-state index in [9.17, 15) is 4.79 Å². The molecular formula is C19H31NO2. The third-order valence-electron chi connectivity index (χ3n) is 6.15. The molecule has 0 spiro atoms. The highest BCUT2D eigenvalue weighted by Crippen LogP contribution is 2.53. The Labute approximate surface area is 134 Å². The zero-order valence-electron chi connectivity index (χ0n) is 14.4. The summed E-state index contributed by atoms with van der Waals surface area (Å²) in [4.78, 5) is 12.3. The number of ether oxygens (including phenoxy) is 1. The molecule has 1 aliphatic heterocycles. The maximum absolute atomic E-state index is 12.3. The van der Waals surface area contributed by atoms with E-state index in [4.69, 9.17) is 4.74 Å². The lowest BCUT2D eigenvalue weighted by molar-refractivity contribution is -0.145. The molecule has 22 heavy (non-hydrogen) atoms. The molecule has 0 aromatic heterocycles. The average Bonchev–Trinajstić information content (AvgIpc) is 2.76. The van der Waals surface area contributed by atoms with Crippen molar-refractivity contribution in [3.63, 3.8) is 0 Å². The average molecular weight is 305 g/mol. The van der Waals surface area contributed by atoms with Crippen LogP contribution < -0.4 is 5.32 Å². The molecule has 1 heterocycles. The molecule has 0 unspecified atom stereocenters. The number of carbonyl (C=O) groups is 1. The summed E-state index contributed by atoms with van der Waals surface area (Å²) in [6.07, 6.45) is 9.81. The zero-order chi connectivity index (χ0) is 15.7. The molecule has 3 heteroatoms. The Kier molecular flexibility index (Phi) is 4.63. The van der Waals surface area contributed by atoms with Gasteiger partial charge >= 0.3 is 5.97 Å². The van der Waals surface area contributed by atoms with Crippen LogP contribution in [0.5, 0.6) is 0 Å². The van der Waals surface area contributed by atoms with E-state index in [0.717, 1.165) is 19.5 Å². The minimum absolute atomic E-state index is 0.0192. The Morgan fingerprint density at radius 1 is 1.45 bits per heavy atom. The SMILES string of the molecule is CCCCNC[C@@H]1C(=O)O[C@@H]2C[C@@]3(C)CCC[C@H](C)C3=C[C@H]12. The van der Waals surface area contributed by atoms with Gasteiger partial charge in [-0.2, -0.15) is 0 Å². The van der Waals surface area contributed by atoms with Crippen LogP contribution in [0.25, 0.3) is 0 Å². The van der Waals surface area contributed by atoms with Crippen LogP contribution in [0.4, 0.5) is 0 Å². The van der Waals surface area contributed by atoms with Crippen molar-refractivity contribution >= 4 is 5.97 Å². The third-order valence-corrected chi connectivity index (χ3v) is 6.15. The van der Waals surface area contributed by atoms with E-state index in [1.165, 1.54) is 32.1 Å². The number of hydrogen-bond donors (Lipinski definition) is 1. The Hall–Kier alpha value is -0.830. The van der Waals surface area contributed by atoms with Gasteiger partial charge in [0.15, 0.2) is 0 Å². The smallest absolute Gasteiger partial charge is 0.311 e. The quantitative estimate of drug-likeness (QED) is 0.478. The first kappa shape index (κ1) is 16.0. The number of esters is 1. The monoisotopic (exact) mass is 305 g/mol. The second kappa shape index (κ2) is 6.35. The summed E-state index contributed by atoms with van der Waals surface area (Å²) >= 11 is 0. The lowest BCUT2D eigenvalue weighted by Crippen LogP contribution is -2.40. The molecule has 5 atom stereocenters. The lowest BCUT2D eigenvalue weighted by atomic mass is 9.59. The third kappa shape index (κ3) is 2.84. The van der Waals surface area contributed by atoms with E-state index < -0.39 is 0 Å². The highest BCUT2D eigenvalue weighted by molar-refractivity contribution is 5.76. The van der Waals surface area contributed by atoms with E-state index >= 15 is 0 Å². The molecule has 0 amide bonds. The van der Waals surface area contributed by atoms with Gasteiger partial charge in [-0.1, -0.05) is 45.3 Å². The number of rotatable bonds is 5. The predicted molar refractivity (Wildman–Crippen MR) is 88.5 cm³/mol. The summed E-state index contributed by atoms with van der Waals surface area (Å²) in [6, 6.07) is 0. The molecule has 3 aliphatic rings. The summed E-state index contributed by atoms with van der Waals surface area (Å²) in [5.74, 6) is 1.01. The number of fused-ring (bicyclic) bond motifs is 2. The Morgan fingerprint density at radius 2 is 2.27 bits per heavy atom. The fraction of sp³-hybridized carbons (Fsp3) is 0.842. The molecule has 124 valence electrons. The van der Waals surface area contributed by atoms with Crippen LogP contribution in [-0.2, 0) is 9.53 Å². The van der Waals surface area contributed by atoms with Crippen molar-refractivity contribution in [2.24, 2.45) is 23.2 Å². The number of nitrogens with one attached hydrogen (secondary N) is 1. The molecule has 2 aliphatic carbocycles. The topological polar surface area (TPSA) is 38.3 Å². The van der Waals surface area contributed by atoms with Gasteiger partial charge in [0.1, 0.15) is 6.10 Å². The second-order valence-electron chi connectivity index (χ2n) is 7.90. The van der Waals surface area contributed by atoms with E-state index in [1.54, 1.807) is 5.57 Å². The van der Waals surface area contributed by atoms with Crippen molar-refractivity contribution in [1.29, 1.82) is 0 Å². The van der Waals surface area contributed by atoms with Gasteiger partial charge < -0.3 is 10.1 Å². The highest BCUT2D eigenvalue weighted by Gasteiger charge is 2.51. The van der Waals surface area contributed by atoms with Crippen molar-refractivity contribution < 1.29 is 9.53 Å². The molecule has 2 fully saturated rings. The number of unbranched alkanes of at least 4 members (excludes halogenated alkanes) is 1. The molecule has 1 N–H and O–H groups in total. The van der Waals surface area contributed by atoms with Crippen LogP contribution in [0.1, 0.15) is 59.3 Å².